The van der Waals surface area contributed by atoms with Crippen LogP contribution in [0.2, 0.25) is 0 Å². The fraction of sp³-hybridized carbons (Fsp3) is 0.0833. The molecule has 2 N–H and O–H groups in total. The molecule has 0 bridgehead atoms. The van der Waals surface area contributed by atoms with E-state index in [-0.39, 0.29) is 5.69 Å². The van der Waals surface area contributed by atoms with Gasteiger partial charge in [0.15, 0.2) is 5.69 Å². The Hall–Kier alpha value is -2.50. The van der Waals surface area contributed by atoms with Crippen molar-refractivity contribution in [3.63, 3.8) is 0 Å². The summed E-state index contributed by atoms with van der Waals surface area (Å²) in [5.74, 6) is -0.849. The summed E-state index contributed by atoms with van der Waals surface area (Å²) in [7, 11) is 0. The molecule has 0 atom stereocenters. The van der Waals surface area contributed by atoms with Gasteiger partial charge in [-0.25, -0.2) is 9.82 Å². The maximum absolute atomic E-state index is 13.2. The van der Waals surface area contributed by atoms with E-state index >= 15 is 0 Å². The van der Waals surface area contributed by atoms with Crippen LogP contribution >= 0.6 is 0 Å². The van der Waals surface area contributed by atoms with Crippen LogP contribution in [-0.2, 0) is 0 Å². The lowest BCUT2D eigenvalue weighted by molar-refractivity contribution is 0.0950. The quantitative estimate of drug-likeness (QED) is 0.638. The van der Waals surface area contributed by atoms with Gasteiger partial charge in [0.05, 0.1) is 6.21 Å². The third-order valence-corrected chi connectivity index (χ3v) is 2.21. The maximum atomic E-state index is 13.2. The van der Waals surface area contributed by atoms with E-state index in [0.717, 1.165) is 5.69 Å². The number of aromatic nitrogens is 2. The van der Waals surface area contributed by atoms with Crippen LogP contribution in [0.3, 0.4) is 0 Å². The summed E-state index contributed by atoms with van der Waals surface area (Å²) >= 11 is 0. The molecule has 0 aliphatic carbocycles. The highest BCUT2D eigenvalue weighted by Gasteiger charge is 2.07. The zero-order valence-electron chi connectivity index (χ0n) is 9.64. The van der Waals surface area contributed by atoms with Crippen LogP contribution in [0.4, 0.5) is 4.39 Å². The molecule has 0 radical (unpaired) electrons. The van der Waals surface area contributed by atoms with Gasteiger partial charge in [0.2, 0.25) is 0 Å². The number of nitrogens with one attached hydrogen (secondary N) is 2. The molecule has 0 fully saturated rings. The first-order chi connectivity index (χ1) is 8.66. The lowest BCUT2D eigenvalue weighted by atomic mass is 10.2. The number of nitrogens with zero attached hydrogens (tertiary/aromatic N) is 2. The number of halogens is 1. The van der Waals surface area contributed by atoms with Gasteiger partial charge in [-0.2, -0.15) is 10.2 Å². The predicted molar refractivity (Wildman–Crippen MR) is 64.8 cm³/mol. The second-order valence-corrected chi connectivity index (χ2v) is 3.66. The van der Waals surface area contributed by atoms with Crippen LogP contribution in [0.25, 0.3) is 0 Å². The van der Waals surface area contributed by atoms with E-state index in [1.807, 2.05) is 0 Å². The molecule has 0 aliphatic heterocycles. The van der Waals surface area contributed by atoms with E-state index < -0.39 is 11.7 Å². The van der Waals surface area contributed by atoms with Crippen LogP contribution in [0.1, 0.15) is 21.7 Å². The number of hydrazone groups is 1. The second-order valence-electron chi connectivity index (χ2n) is 3.66. The molecule has 0 unspecified atom stereocenters. The molecule has 1 amide bonds. The SMILES string of the molecule is Cc1cc(C(=O)N/N=C/c2ccccc2F)n[nH]1. The minimum atomic E-state index is -0.452. The summed E-state index contributed by atoms with van der Waals surface area (Å²) in [6, 6.07) is 7.74. The highest BCUT2D eigenvalue weighted by molar-refractivity contribution is 5.93. The normalized spacial score (nSPS) is 10.8. The monoisotopic (exact) mass is 246 g/mol. The summed E-state index contributed by atoms with van der Waals surface area (Å²) in [5.41, 5.74) is 3.58. The first-order valence-corrected chi connectivity index (χ1v) is 5.27. The average Bonchev–Trinajstić information content (AvgIpc) is 2.78. The molecule has 0 saturated carbocycles. The fourth-order valence-electron chi connectivity index (χ4n) is 1.33. The molecular formula is C12H11FN4O. The summed E-state index contributed by atoms with van der Waals surface area (Å²) in [4.78, 5) is 11.5. The number of hydrogen-bond donors (Lipinski definition) is 2. The standard InChI is InChI=1S/C12H11FN4O/c1-8-6-11(16-15-8)12(18)17-14-7-9-4-2-3-5-10(9)13/h2-7H,1H3,(H,15,16)(H,17,18)/b14-7+. The van der Waals surface area contributed by atoms with Crippen molar-refractivity contribution in [2.24, 2.45) is 5.10 Å². The van der Waals surface area contributed by atoms with Crippen molar-refractivity contribution >= 4 is 12.1 Å². The van der Waals surface area contributed by atoms with Crippen LogP contribution in [0.15, 0.2) is 35.4 Å². The Kier molecular flexibility index (Phi) is 3.47. The van der Waals surface area contributed by atoms with Crippen molar-refractivity contribution in [1.82, 2.24) is 15.6 Å². The Morgan fingerprint density at radius 3 is 2.94 bits per heavy atom. The third kappa shape index (κ3) is 2.79. The highest BCUT2D eigenvalue weighted by atomic mass is 19.1. The Labute approximate surface area is 103 Å². The van der Waals surface area contributed by atoms with Gasteiger partial charge in [0.1, 0.15) is 5.82 Å². The molecule has 1 heterocycles. The van der Waals surface area contributed by atoms with E-state index in [4.69, 9.17) is 0 Å². The minimum Gasteiger partial charge on any atom is -0.282 e. The first kappa shape index (κ1) is 12.0. The van der Waals surface area contributed by atoms with Gasteiger partial charge in [0.25, 0.3) is 5.91 Å². The number of H-pyrrole nitrogens is 1. The molecule has 1 aromatic heterocycles. The van der Waals surface area contributed by atoms with Crippen LogP contribution in [0.5, 0.6) is 0 Å². The molecule has 92 valence electrons. The van der Waals surface area contributed by atoms with Gasteiger partial charge in [-0.15, -0.1) is 0 Å². The van der Waals surface area contributed by atoms with Crippen molar-refractivity contribution in [3.05, 3.63) is 53.1 Å². The zero-order valence-corrected chi connectivity index (χ0v) is 9.64. The molecule has 0 spiro atoms. The van der Waals surface area contributed by atoms with Gasteiger partial charge in [-0.1, -0.05) is 18.2 Å². The number of carbonyl (C=O) groups is 1. The molecule has 1 aromatic carbocycles. The van der Waals surface area contributed by atoms with E-state index in [0.29, 0.717) is 5.56 Å². The Balaban J connectivity index is 2.00. The Bertz CT molecular complexity index is 591. The van der Waals surface area contributed by atoms with E-state index in [1.165, 1.54) is 12.3 Å². The number of carbonyl (C=O) groups excluding carboxylic acids is 1. The number of aryl methyl sites for hydroxylation is 1. The summed E-state index contributed by atoms with van der Waals surface area (Å²) in [6.45, 7) is 1.78. The molecule has 6 heteroatoms. The highest BCUT2D eigenvalue weighted by Crippen LogP contribution is 2.02. The summed E-state index contributed by atoms with van der Waals surface area (Å²) in [6.07, 6.45) is 1.24. The van der Waals surface area contributed by atoms with Crippen molar-refractivity contribution in [2.75, 3.05) is 0 Å². The number of hydrogen-bond acceptors (Lipinski definition) is 3. The van der Waals surface area contributed by atoms with Gasteiger partial charge in [0, 0.05) is 11.3 Å². The van der Waals surface area contributed by atoms with Crippen molar-refractivity contribution < 1.29 is 9.18 Å². The average molecular weight is 246 g/mol. The van der Waals surface area contributed by atoms with Crippen molar-refractivity contribution in [2.45, 2.75) is 6.92 Å². The van der Waals surface area contributed by atoms with Gasteiger partial charge >= 0.3 is 0 Å². The molecule has 2 rings (SSSR count). The lowest BCUT2D eigenvalue weighted by Gasteiger charge is -1.96. The van der Waals surface area contributed by atoms with Crippen molar-refractivity contribution in [1.29, 1.82) is 0 Å². The summed E-state index contributed by atoms with van der Waals surface area (Å²) in [5, 5.41) is 10.1. The van der Waals surface area contributed by atoms with Crippen LogP contribution in [-0.4, -0.2) is 22.3 Å². The Morgan fingerprint density at radius 1 is 1.50 bits per heavy atom. The molecule has 18 heavy (non-hydrogen) atoms. The van der Waals surface area contributed by atoms with Gasteiger partial charge < -0.3 is 0 Å². The first-order valence-electron chi connectivity index (χ1n) is 5.27. The smallest absolute Gasteiger partial charge is 0.282 e. The van der Waals surface area contributed by atoms with Gasteiger partial charge in [-0.05, 0) is 19.1 Å². The maximum Gasteiger partial charge on any atom is 0.291 e. The van der Waals surface area contributed by atoms with Crippen LogP contribution < -0.4 is 5.43 Å². The molecular weight excluding hydrogens is 235 g/mol. The van der Waals surface area contributed by atoms with E-state index in [9.17, 15) is 9.18 Å². The largest absolute Gasteiger partial charge is 0.291 e. The molecule has 0 saturated heterocycles. The fourth-order valence-corrected chi connectivity index (χ4v) is 1.33. The van der Waals surface area contributed by atoms with Crippen LogP contribution in [0, 0.1) is 12.7 Å². The molecule has 2 aromatic rings. The zero-order chi connectivity index (χ0) is 13.0. The second kappa shape index (κ2) is 5.22. The van der Waals surface area contributed by atoms with E-state index in [1.54, 1.807) is 31.2 Å². The molecule has 5 nitrogen and oxygen atoms in total. The number of aromatic amines is 1. The van der Waals surface area contributed by atoms with Gasteiger partial charge in [-0.3, -0.25) is 9.89 Å². The topological polar surface area (TPSA) is 70.1 Å². The third-order valence-electron chi connectivity index (χ3n) is 2.21. The van der Waals surface area contributed by atoms with E-state index in [2.05, 4.69) is 20.7 Å². The summed E-state index contributed by atoms with van der Waals surface area (Å²) < 4.78 is 13.2. The number of amides is 1. The lowest BCUT2D eigenvalue weighted by Crippen LogP contribution is -2.18. The molecule has 0 aliphatic rings. The number of benzene rings is 1. The number of rotatable bonds is 3. The predicted octanol–water partition coefficient (Wildman–Crippen LogP) is 1.62. The van der Waals surface area contributed by atoms with Crippen molar-refractivity contribution in [3.8, 4) is 0 Å². The Morgan fingerprint density at radius 2 is 2.28 bits per heavy atom. The minimum absolute atomic E-state index is 0.234.